The maximum absolute atomic E-state index is 6.13. The lowest BCUT2D eigenvalue weighted by atomic mass is 10.0. The Balaban J connectivity index is 1.81. The van der Waals surface area contributed by atoms with Crippen molar-refractivity contribution in [3.05, 3.63) is 89.7 Å². The van der Waals surface area contributed by atoms with E-state index < -0.39 is 0 Å². The highest BCUT2D eigenvalue weighted by molar-refractivity contribution is 6.17. The minimum Gasteiger partial charge on any atom is -0.279 e. The second-order valence-electron chi connectivity index (χ2n) is 6.77. The Labute approximate surface area is 170 Å². The predicted molar refractivity (Wildman–Crippen MR) is 116 cm³/mol. The van der Waals surface area contributed by atoms with Crippen molar-refractivity contribution < 1.29 is 0 Å². The van der Waals surface area contributed by atoms with Gasteiger partial charge >= 0.3 is 0 Å². The summed E-state index contributed by atoms with van der Waals surface area (Å²) < 4.78 is 2.16. The van der Waals surface area contributed by atoms with Gasteiger partial charge in [-0.2, -0.15) is 0 Å². The number of aryl methyl sites for hydroxylation is 1. The summed E-state index contributed by atoms with van der Waals surface area (Å²) in [5.41, 5.74) is 6.81. The van der Waals surface area contributed by atoms with Crippen LogP contribution in [0.25, 0.3) is 28.2 Å². The van der Waals surface area contributed by atoms with Gasteiger partial charge in [-0.3, -0.25) is 4.57 Å². The van der Waals surface area contributed by atoms with Crippen LogP contribution in [0.2, 0.25) is 0 Å². The maximum Gasteiger partial charge on any atom is 0.168 e. The van der Waals surface area contributed by atoms with Crippen molar-refractivity contribution in [2.75, 3.05) is 0 Å². The number of benzene rings is 3. The highest BCUT2D eigenvalue weighted by Gasteiger charge is 2.17. The Kier molecular flexibility index (Phi) is 5.27. The first-order valence-corrected chi connectivity index (χ1v) is 10.0. The maximum atomic E-state index is 6.13. The summed E-state index contributed by atoms with van der Waals surface area (Å²) in [7, 11) is 0. The third kappa shape index (κ3) is 3.34. The van der Waals surface area contributed by atoms with Gasteiger partial charge in [-0.15, -0.1) is 21.8 Å². The van der Waals surface area contributed by atoms with Crippen molar-refractivity contribution in [1.82, 2.24) is 14.8 Å². The summed E-state index contributed by atoms with van der Waals surface area (Å²) in [5, 5.41) is 8.96. The Bertz CT molecular complexity index is 1080. The SMILES string of the molecule is CCc1nnc(-c2ccc(-c3ccccc3)cc2)n1-c1cccc(CCl)c1C. The van der Waals surface area contributed by atoms with E-state index in [0.717, 1.165) is 40.4 Å². The van der Waals surface area contributed by atoms with Crippen LogP contribution in [0.15, 0.2) is 72.8 Å². The molecular formula is C24H22ClN3. The molecule has 0 N–H and O–H groups in total. The Morgan fingerprint density at radius 3 is 2.14 bits per heavy atom. The van der Waals surface area contributed by atoms with Gasteiger partial charge in [-0.05, 0) is 35.2 Å². The van der Waals surface area contributed by atoms with Crippen LogP contribution >= 0.6 is 11.6 Å². The molecule has 28 heavy (non-hydrogen) atoms. The van der Waals surface area contributed by atoms with Crippen molar-refractivity contribution in [2.24, 2.45) is 0 Å². The zero-order chi connectivity index (χ0) is 19.5. The van der Waals surface area contributed by atoms with Gasteiger partial charge in [0.15, 0.2) is 5.82 Å². The smallest absolute Gasteiger partial charge is 0.168 e. The average molecular weight is 388 g/mol. The largest absolute Gasteiger partial charge is 0.279 e. The average Bonchev–Trinajstić information content (AvgIpc) is 3.18. The molecule has 0 saturated carbocycles. The van der Waals surface area contributed by atoms with Gasteiger partial charge in [0.1, 0.15) is 5.82 Å². The van der Waals surface area contributed by atoms with Crippen LogP contribution in [-0.2, 0) is 12.3 Å². The van der Waals surface area contributed by atoms with Crippen LogP contribution in [0.3, 0.4) is 0 Å². The molecule has 0 fully saturated rings. The molecule has 0 spiro atoms. The van der Waals surface area contributed by atoms with Crippen molar-refractivity contribution >= 4 is 11.6 Å². The van der Waals surface area contributed by atoms with Crippen molar-refractivity contribution in [2.45, 2.75) is 26.1 Å². The Morgan fingerprint density at radius 1 is 0.786 bits per heavy atom. The van der Waals surface area contributed by atoms with Gasteiger partial charge in [0.25, 0.3) is 0 Å². The van der Waals surface area contributed by atoms with Gasteiger partial charge in [-0.25, -0.2) is 0 Å². The highest BCUT2D eigenvalue weighted by Crippen LogP contribution is 2.29. The zero-order valence-corrected chi connectivity index (χ0v) is 16.8. The van der Waals surface area contributed by atoms with Crippen LogP contribution in [0.5, 0.6) is 0 Å². The first kappa shape index (κ1) is 18.5. The van der Waals surface area contributed by atoms with E-state index in [0.29, 0.717) is 5.88 Å². The van der Waals surface area contributed by atoms with Crippen molar-refractivity contribution in [1.29, 1.82) is 0 Å². The summed E-state index contributed by atoms with van der Waals surface area (Å²) in [6.45, 7) is 4.21. The molecule has 1 heterocycles. The van der Waals surface area contributed by atoms with Crippen LogP contribution in [0.4, 0.5) is 0 Å². The fraction of sp³-hybridized carbons (Fsp3) is 0.167. The van der Waals surface area contributed by atoms with E-state index in [1.54, 1.807) is 0 Å². The fourth-order valence-corrected chi connectivity index (χ4v) is 3.77. The molecule has 0 aliphatic rings. The molecule has 3 nitrogen and oxygen atoms in total. The molecule has 0 amide bonds. The topological polar surface area (TPSA) is 30.7 Å². The lowest BCUT2D eigenvalue weighted by Gasteiger charge is -2.15. The van der Waals surface area contributed by atoms with Gasteiger partial charge < -0.3 is 0 Å². The Hall–Kier alpha value is -2.91. The zero-order valence-electron chi connectivity index (χ0n) is 16.1. The van der Waals surface area contributed by atoms with Crippen LogP contribution in [0, 0.1) is 6.92 Å². The van der Waals surface area contributed by atoms with Crippen molar-refractivity contribution in [3.8, 4) is 28.2 Å². The van der Waals surface area contributed by atoms with Crippen LogP contribution in [-0.4, -0.2) is 14.8 Å². The molecule has 0 radical (unpaired) electrons. The van der Waals surface area contributed by atoms with E-state index in [9.17, 15) is 0 Å². The second kappa shape index (κ2) is 7.99. The molecule has 0 saturated heterocycles. The quantitative estimate of drug-likeness (QED) is 0.381. The monoisotopic (exact) mass is 387 g/mol. The standard InChI is InChI=1S/C24H22ClN3/c1-3-23-26-27-24(28(23)22-11-7-10-21(16-25)17(22)2)20-14-12-19(13-15-20)18-8-5-4-6-9-18/h4-15H,3,16H2,1-2H3. The second-order valence-corrected chi connectivity index (χ2v) is 7.03. The first-order valence-electron chi connectivity index (χ1n) is 9.48. The molecule has 4 heteroatoms. The number of hydrogen-bond acceptors (Lipinski definition) is 2. The molecule has 0 unspecified atom stereocenters. The summed E-state index contributed by atoms with van der Waals surface area (Å²) in [5.74, 6) is 2.29. The van der Waals surface area contributed by atoms with Gasteiger partial charge in [0, 0.05) is 17.9 Å². The number of nitrogens with zero attached hydrogens (tertiary/aromatic N) is 3. The molecule has 0 bridgehead atoms. The molecule has 3 aromatic carbocycles. The van der Waals surface area contributed by atoms with Gasteiger partial charge in [0.2, 0.25) is 0 Å². The van der Waals surface area contributed by atoms with E-state index in [-0.39, 0.29) is 0 Å². The van der Waals surface area contributed by atoms with E-state index in [1.165, 1.54) is 11.1 Å². The lowest BCUT2D eigenvalue weighted by Crippen LogP contribution is -2.05. The van der Waals surface area contributed by atoms with Gasteiger partial charge in [-0.1, -0.05) is 73.7 Å². The van der Waals surface area contributed by atoms with Gasteiger partial charge in [0.05, 0.1) is 5.69 Å². The third-order valence-corrected chi connectivity index (χ3v) is 5.39. The van der Waals surface area contributed by atoms with E-state index >= 15 is 0 Å². The number of alkyl halides is 1. The molecule has 140 valence electrons. The minimum atomic E-state index is 0.490. The predicted octanol–water partition coefficient (Wildman–Crippen LogP) is 6.21. The molecule has 1 aromatic heterocycles. The molecule has 0 atom stereocenters. The number of hydrogen-bond donors (Lipinski definition) is 0. The van der Waals surface area contributed by atoms with Crippen LogP contribution in [0.1, 0.15) is 23.9 Å². The number of rotatable bonds is 5. The molecule has 0 aliphatic heterocycles. The summed E-state index contributed by atoms with van der Waals surface area (Å²) in [4.78, 5) is 0. The molecule has 4 rings (SSSR count). The number of aromatic nitrogens is 3. The molecule has 0 aliphatic carbocycles. The van der Waals surface area contributed by atoms with E-state index in [4.69, 9.17) is 11.6 Å². The third-order valence-electron chi connectivity index (χ3n) is 5.10. The lowest BCUT2D eigenvalue weighted by molar-refractivity contribution is 0.879. The van der Waals surface area contributed by atoms with E-state index in [1.807, 2.05) is 12.1 Å². The van der Waals surface area contributed by atoms with Crippen molar-refractivity contribution in [3.63, 3.8) is 0 Å². The molecule has 4 aromatic rings. The summed E-state index contributed by atoms with van der Waals surface area (Å²) in [6, 6.07) is 25.1. The molecular weight excluding hydrogens is 366 g/mol. The van der Waals surface area contributed by atoms with Crippen LogP contribution < -0.4 is 0 Å². The minimum absolute atomic E-state index is 0.490. The fourth-order valence-electron chi connectivity index (χ4n) is 3.48. The Morgan fingerprint density at radius 2 is 1.46 bits per heavy atom. The summed E-state index contributed by atoms with van der Waals surface area (Å²) in [6.07, 6.45) is 0.805. The highest BCUT2D eigenvalue weighted by atomic mass is 35.5. The number of halogens is 1. The first-order chi connectivity index (χ1) is 13.7. The van der Waals surface area contributed by atoms with E-state index in [2.05, 4.69) is 89.3 Å². The summed E-state index contributed by atoms with van der Waals surface area (Å²) >= 11 is 6.13. The normalized spacial score (nSPS) is 11.0.